The molecule has 1 aromatic heterocycles. The molecule has 2 aromatic rings. The average Bonchev–Trinajstić information content (AvgIpc) is 3.19. The number of nitrogens with one attached hydrogen (secondary N) is 1. The lowest BCUT2D eigenvalue weighted by Crippen LogP contribution is -2.36. The molecule has 0 unspecified atom stereocenters. The van der Waals surface area contributed by atoms with E-state index in [9.17, 15) is 4.79 Å². The Morgan fingerprint density at radius 1 is 1.28 bits per heavy atom. The van der Waals surface area contributed by atoms with Crippen molar-refractivity contribution in [3.63, 3.8) is 0 Å². The minimum atomic E-state index is 0. The molecule has 0 saturated carbocycles. The van der Waals surface area contributed by atoms with E-state index in [0.29, 0.717) is 31.5 Å². The van der Waals surface area contributed by atoms with Crippen molar-refractivity contribution in [1.82, 2.24) is 10.2 Å². The number of hydrogen-bond acceptors (Lipinski definition) is 4. The largest absolute Gasteiger partial charge is 0.350 e. The first kappa shape index (κ1) is 19.9. The van der Waals surface area contributed by atoms with Crippen molar-refractivity contribution in [1.29, 1.82) is 0 Å². The summed E-state index contributed by atoms with van der Waals surface area (Å²) in [7, 11) is 0. The van der Waals surface area contributed by atoms with Gasteiger partial charge in [0, 0.05) is 23.9 Å². The first-order chi connectivity index (χ1) is 11.7. The van der Waals surface area contributed by atoms with Gasteiger partial charge in [-0.15, -0.1) is 23.7 Å². The molecule has 25 heavy (non-hydrogen) atoms. The molecule has 1 amide bonds. The van der Waals surface area contributed by atoms with Crippen molar-refractivity contribution in [3.8, 4) is 0 Å². The Kier molecular flexibility index (Phi) is 7.44. The van der Waals surface area contributed by atoms with Crippen molar-refractivity contribution < 1.29 is 4.79 Å². The molecule has 0 spiro atoms. The van der Waals surface area contributed by atoms with E-state index in [4.69, 9.17) is 5.73 Å². The molecule has 0 radical (unpaired) electrons. The monoisotopic (exact) mass is 379 g/mol. The van der Waals surface area contributed by atoms with Gasteiger partial charge in [-0.1, -0.05) is 30.3 Å². The summed E-state index contributed by atoms with van der Waals surface area (Å²) in [5.41, 5.74) is 8.54. The second kappa shape index (κ2) is 9.34. The number of rotatable bonds is 6. The van der Waals surface area contributed by atoms with Crippen LogP contribution in [0.3, 0.4) is 0 Å². The van der Waals surface area contributed by atoms with Crippen LogP contribution in [-0.2, 0) is 11.3 Å². The van der Waals surface area contributed by atoms with Crippen LogP contribution in [-0.4, -0.2) is 37.0 Å². The molecule has 2 heterocycles. The number of carbonyl (C=O) groups excluding carboxylic acids is 1. The molecular formula is C19H26ClN3OS. The molecule has 0 bridgehead atoms. The molecule has 0 aliphatic carbocycles. The number of halogens is 1. The molecule has 1 aliphatic heterocycles. The third kappa shape index (κ3) is 5.05. The summed E-state index contributed by atoms with van der Waals surface area (Å²) in [6.07, 6.45) is 0. The minimum Gasteiger partial charge on any atom is -0.350 e. The van der Waals surface area contributed by atoms with E-state index < -0.39 is 0 Å². The number of carbonyl (C=O) groups is 1. The van der Waals surface area contributed by atoms with Crippen molar-refractivity contribution in [2.24, 2.45) is 11.7 Å². The first-order valence-electron chi connectivity index (χ1n) is 8.44. The van der Waals surface area contributed by atoms with Crippen molar-refractivity contribution in [2.75, 3.05) is 26.2 Å². The smallest absolute Gasteiger partial charge is 0.234 e. The first-order valence-corrected chi connectivity index (χ1v) is 9.32. The topological polar surface area (TPSA) is 58.4 Å². The van der Waals surface area contributed by atoms with Crippen LogP contribution in [0, 0.1) is 12.8 Å². The van der Waals surface area contributed by atoms with Crippen LogP contribution in [0.2, 0.25) is 0 Å². The van der Waals surface area contributed by atoms with E-state index in [0.717, 1.165) is 13.1 Å². The highest BCUT2D eigenvalue weighted by molar-refractivity contribution is 7.10. The highest BCUT2D eigenvalue weighted by atomic mass is 35.5. The Labute approximate surface area is 159 Å². The number of hydrogen-bond donors (Lipinski definition) is 2. The number of likely N-dealkylation sites (tertiary alicyclic amines) is 1. The number of thiophene rings is 1. The molecule has 3 N–H and O–H groups in total. The summed E-state index contributed by atoms with van der Waals surface area (Å²) >= 11 is 1.69. The Morgan fingerprint density at radius 3 is 2.68 bits per heavy atom. The second-order valence-corrected chi connectivity index (χ2v) is 7.51. The summed E-state index contributed by atoms with van der Waals surface area (Å²) in [5, 5.41) is 5.10. The van der Waals surface area contributed by atoms with Crippen LogP contribution in [0.1, 0.15) is 21.9 Å². The maximum atomic E-state index is 12.3. The van der Waals surface area contributed by atoms with Gasteiger partial charge in [-0.25, -0.2) is 0 Å². The molecule has 3 rings (SSSR count). The fourth-order valence-electron chi connectivity index (χ4n) is 3.43. The molecule has 136 valence electrons. The summed E-state index contributed by atoms with van der Waals surface area (Å²) in [4.78, 5) is 15.7. The minimum absolute atomic E-state index is 0. The Balaban J connectivity index is 0.00000225. The van der Waals surface area contributed by atoms with Crippen LogP contribution in [0.25, 0.3) is 0 Å². The van der Waals surface area contributed by atoms with Crippen molar-refractivity contribution in [2.45, 2.75) is 19.4 Å². The van der Waals surface area contributed by atoms with E-state index in [1.807, 2.05) is 6.07 Å². The number of amides is 1. The van der Waals surface area contributed by atoms with Crippen LogP contribution >= 0.6 is 23.7 Å². The lowest BCUT2D eigenvalue weighted by molar-refractivity contribution is -0.122. The summed E-state index contributed by atoms with van der Waals surface area (Å²) in [6, 6.07) is 12.6. The summed E-state index contributed by atoms with van der Waals surface area (Å²) in [6.45, 7) is 5.60. The van der Waals surface area contributed by atoms with Crippen LogP contribution in [0.5, 0.6) is 0 Å². The Bertz CT molecular complexity index is 676. The molecule has 4 nitrogen and oxygen atoms in total. The Hall–Kier alpha value is -1.40. The fourth-order valence-corrected chi connectivity index (χ4v) is 4.28. The van der Waals surface area contributed by atoms with Gasteiger partial charge < -0.3 is 11.1 Å². The molecule has 2 atom stereocenters. The van der Waals surface area contributed by atoms with E-state index in [1.165, 1.54) is 16.0 Å². The number of benzene rings is 1. The van der Waals surface area contributed by atoms with Crippen LogP contribution < -0.4 is 11.1 Å². The van der Waals surface area contributed by atoms with Gasteiger partial charge >= 0.3 is 0 Å². The van der Waals surface area contributed by atoms with Gasteiger partial charge in [-0.05, 0) is 42.0 Å². The average molecular weight is 380 g/mol. The molecule has 1 fully saturated rings. The molecular weight excluding hydrogens is 354 g/mol. The normalized spacial score (nSPS) is 20.2. The molecule has 1 saturated heterocycles. The lowest BCUT2D eigenvalue weighted by Gasteiger charge is -2.16. The number of nitrogens with zero attached hydrogens (tertiary/aromatic N) is 1. The fraction of sp³-hybridized carbons (Fsp3) is 0.421. The predicted molar refractivity (Wildman–Crippen MR) is 106 cm³/mol. The van der Waals surface area contributed by atoms with Gasteiger partial charge in [-0.3, -0.25) is 9.69 Å². The van der Waals surface area contributed by atoms with Gasteiger partial charge in [0.1, 0.15) is 0 Å². The van der Waals surface area contributed by atoms with E-state index in [2.05, 4.69) is 52.9 Å². The standard InChI is InChI=1S/C19H25N3OS.ClH/c1-14-7-8-24-18(14)10-21-19(23)13-22-11-16(9-20)17(12-22)15-5-3-2-4-6-15;/h2-8,16-17H,9-13,20H2,1H3,(H,21,23);1H/t16-,17+;/m1./s1. The summed E-state index contributed by atoms with van der Waals surface area (Å²) < 4.78 is 0. The Morgan fingerprint density at radius 2 is 2.04 bits per heavy atom. The second-order valence-electron chi connectivity index (χ2n) is 6.51. The van der Waals surface area contributed by atoms with Gasteiger partial charge in [0.15, 0.2) is 0 Å². The van der Waals surface area contributed by atoms with E-state index >= 15 is 0 Å². The third-order valence-corrected chi connectivity index (χ3v) is 5.85. The van der Waals surface area contributed by atoms with E-state index in [1.54, 1.807) is 11.3 Å². The van der Waals surface area contributed by atoms with Crippen LogP contribution in [0.4, 0.5) is 0 Å². The quantitative estimate of drug-likeness (QED) is 0.811. The summed E-state index contributed by atoms with van der Waals surface area (Å²) in [5.74, 6) is 0.926. The highest BCUT2D eigenvalue weighted by Crippen LogP contribution is 2.31. The van der Waals surface area contributed by atoms with Crippen LogP contribution in [0.15, 0.2) is 41.8 Å². The maximum Gasteiger partial charge on any atom is 0.234 e. The molecule has 6 heteroatoms. The maximum absolute atomic E-state index is 12.3. The zero-order valence-electron chi connectivity index (χ0n) is 14.5. The van der Waals surface area contributed by atoms with Crippen molar-refractivity contribution in [3.05, 3.63) is 57.8 Å². The van der Waals surface area contributed by atoms with Gasteiger partial charge in [0.05, 0.1) is 13.1 Å². The molecule has 1 aliphatic rings. The predicted octanol–water partition coefficient (Wildman–Crippen LogP) is 2.77. The number of aryl methyl sites for hydroxylation is 1. The zero-order chi connectivity index (χ0) is 16.9. The van der Waals surface area contributed by atoms with Gasteiger partial charge in [0.2, 0.25) is 5.91 Å². The van der Waals surface area contributed by atoms with Crippen molar-refractivity contribution >= 4 is 29.7 Å². The van der Waals surface area contributed by atoms with E-state index in [-0.39, 0.29) is 18.3 Å². The van der Waals surface area contributed by atoms with Gasteiger partial charge in [0.25, 0.3) is 0 Å². The molecule has 1 aromatic carbocycles. The highest BCUT2D eigenvalue weighted by Gasteiger charge is 2.33. The van der Waals surface area contributed by atoms with Gasteiger partial charge in [-0.2, -0.15) is 0 Å². The third-order valence-electron chi connectivity index (χ3n) is 4.83. The lowest BCUT2D eigenvalue weighted by atomic mass is 9.89. The SMILES string of the molecule is Cc1ccsc1CNC(=O)CN1C[C@@H](CN)[C@H](c2ccccc2)C1.Cl. The number of nitrogens with two attached hydrogens (primary N) is 1. The zero-order valence-corrected chi connectivity index (χ0v) is 16.1.